The molecule has 7 nitrogen and oxygen atoms in total. The Balaban J connectivity index is 1.42. The number of carboxylic acid groups (broad SMARTS) is 1. The third kappa shape index (κ3) is 4.79. The summed E-state index contributed by atoms with van der Waals surface area (Å²) in [6.45, 7) is 6.50. The molecule has 0 spiro atoms. The number of carboxylic acids is 1. The Morgan fingerprint density at radius 2 is 1.62 bits per heavy atom. The second kappa shape index (κ2) is 9.87. The molecule has 3 unspecified atom stereocenters. The highest BCUT2D eigenvalue weighted by Crippen LogP contribution is 2.44. The first-order chi connectivity index (χ1) is 16.3. The van der Waals surface area contributed by atoms with E-state index in [0.717, 1.165) is 22.3 Å². The fourth-order valence-corrected chi connectivity index (χ4v) is 5.16. The number of benzene rings is 2. The third-order valence-corrected chi connectivity index (χ3v) is 6.88. The molecular formula is C27H32N2O5. The Labute approximate surface area is 200 Å². The number of amides is 2. The number of carbonyl (C=O) groups is 3. The van der Waals surface area contributed by atoms with Gasteiger partial charge in [-0.15, -0.1) is 0 Å². The highest BCUT2D eigenvalue weighted by Gasteiger charge is 2.39. The Kier molecular flexibility index (Phi) is 6.91. The molecule has 34 heavy (non-hydrogen) atoms. The van der Waals surface area contributed by atoms with Crippen LogP contribution in [0.2, 0.25) is 0 Å². The smallest absolute Gasteiger partial charge is 0.407 e. The highest BCUT2D eigenvalue weighted by molar-refractivity contribution is 5.87. The van der Waals surface area contributed by atoms with Crippen molar-refractivity contribution in [3.05, 3.63) is 59.7 Å². The zero-order valence-corrected chi connectivity index (χ0v) is 19.9. The summed E-state index contributed by atoms with van der Waals surface area (Å²) < 4.78 is 5.63. The number of likely N-dealkylation sites (tertiary alicyclic amines) is 1. The SMILES string of the molecule is CC(C)CC(NC(=O)OCC1c2ccccc2-c2ccccc21)C(=O)N1CC(C)C(C(=O)O)C1. The largest absolute Gasteiger partial charge is 0.481 e. The Bertz CT molecular complexity index is 1040. The van der Waals surface area contributed by atoms with Crippen molar-refractivity contribution in [2.75, 3.05) is 19.7 Å². The van der Waals surface area contributed by atoms with Crippen molar-refractivity contribution in [3.8, 4) is 11.1 Å². The van der Waals surface area contributed by atoms with Crippen molar-refractivity contribution in [1.29, 1.82) is 0 Å². The molecule has 7 heteroatoms. The predicted molar refractivity (Wildman–Crippen MR) is 128 cm³/mol. The quantitative estimate of drug-likeness (QED) is 0.643. The lowest BCUT2D eigenvalue weighted by Gasteiger charge is -2.25. The van der Waals surface area contributed by atoms with Gasteiger partial charge < -0.3 is 20.1 Å². The molecule has 0 aromatic heterocycles. The van der Waals surface area contributed by atoms with Crippen LogP contribution in [0.25, 0.3) is 11.1 Å². The first-order valence-electron chi connectivity index (χ1n) is 11.9. The van der Waals surface area contributed by atoms with Gasteiger partial charge in [0, 0.05) is 19.0 Å². The van der Waals surface area contributed by atoms with E-state index in [4.69, 9.17) is 4.74 Å². The van der Waals surface area contributed by atoms with E-state index < -0.39 is 24.0 Å². The first-order valence-corrected chi connectivity index (χ1v) is 11.9. The number of rotatable bonds is 7. The molecule has 1 heterocycles. The maximum absolute atomic E-state index is 13.2. The fourth-order valence-electron chi connectivity index (χ4n) is 5.16. The molecule has 1 aliphatic heterocycles. The molecule has 1 fully saturated rings. The molecular weight excluding hydrogens is 432 g/mol. The monoisotopic (exact) mass is 464 g/mol. The average Bonchev–Trinajstić information content (AvgIpc) is 3.35. The van der Waals surface area contributed by atoms with E-state index in [1.807, 2.05) is 45.0 Å². The van der Waals surface area contributed by atoms with Gasteiger partial charge in [-0.05, 0) is 40.5 Å². The number of hydrogen-bond donors (Lipinski definition) is 2. The maximum atomic E-state index is 13.2. The second-order valence-electron chi connectivity index (χ2n) is 9.82. The molecule has 0 radical (unpaired) electrons. The number of nitrogens with one attached hydrogen (secondary N) is 1. The summed E-state index contributed by atoms with van der Waals surface area (Å²) in [6.07, 6.45) is -0.186. The van der Waals surface area contributed by atoms with E-state index in [9.17, 15) is 19.5 Å². The lowest BCUT2D eigenvalue weighted by atomic mass is 9.98. The zero-order valence-electron chi connectivity index (χ0n) is 19.9. The van der Waals surface area contributed by atoms with E-state index >= 15 is 0 Å². The van der Waals surface area contributed by atoms with E-state index in [0.29, 0.717) is 13.0 Å². The molecule has 0 saturated carbocycles. The van der Waals surface area contributed by atoms with Crippen LogP contribution in [0.3, 0.4) is 0 Å². The van der Waals surface area contributed by atoms with Gasteiger partial charge in [-0.1, -0.05) is 69.3 Å². The van der Waals surface area contributed by atoms with Crippen LogP contribution in [-0.4, -0.2) is 53.7 Å². The summed E-state index contributed by atoms with van der Waals surface area (Å²) >= 11 is 0. The van der Waals surface area contributed by atoms with Crippen LogP contribution in [0.1, 0.15) is 44.2 Å². The Hall–Kier alpha value is -3.35. The number of nitrogens with zero attached hydrogens (tertiary/aromatic N) is 1. The minimum absolute atomic E-state index is 0.0619. The van der Waals surface area contributed by atoms with Crippen LogP contribution in [0, 0.1) is 17.8 Å². The molecule has 2 aliphatic rings. The molecule has 2 amide bonds. The Morgan fingerprint density at radius 1 is 1.03 bits per heavy atom. The minimum atomic E-state index is -0.896. The van der Waals surface area contributed by atoms with E-state index in [2.05, 4.69) is 29.6 Å². The van der Waals surface area contributed by atoms with Crippen molar-refractivity contribution in [1.82, 2.24) is 10.2 Å². The van der Waals surface area contributed by atoms with Gasteiger partial charge in [-0.25, -0.2) is 4.79 Å². The van der Waals surface area contributed by atoms with Gasteiger partial charge in [0.1, 0.15) is 12.6 Å². The molecule has 2 aromatic carbocycles. The number of fused-ring (bicyclic) bond motifs is 3. The second-order valence-corrected chi connectivity index (χ2v) is 9.82. The van der Waals surface area contributed by atoms with Gasteiger partial charge in [0.15, 0.2) is 0 Å². The van der Waals surface area contributed by atoms with Gasteiger partial charge in [0.25, 0.3) is 0 Å². The van der Waals surface area contributed by atoms with Gasteiger partial charge in [-0.3, -0.25) is 9.59 Å². The predicted octanol–water partition coefficient (Wildman–Crippen LogP) is 4.12. The standard InChI is InChI=1S/C27H32N2O5/c1-16(2)12-24(25(30)29-13-17(3)22(14-29)26(31)32)28-27(33)34-15-23-20-10-6-4-8-18(20)19-9-5-7-11-21(19)23/h4-11,16-17,22-24H,12-15H2,1-3H3,(H,28,33)(H,31,32). The van der Waals surface area contributed by atoms with E-state index in [-0.39, 0.29) is 36.8 Å². The number of alkyl carbamates (subject to hydrolysis) is 1. The molecule has 180 valence electrons. The highest BCUT2D eigenvalue weighted by atomic mass is 16.5. The molecule has 1 aliphatic carbocycles. The topological polar surface area (TPSA) is 95.9 Å². The van der Waals surface area contributed by atoms with Crippen LogP contribution in [-0.2, 0) is 14.3 Å². The summed E-state index contributed by atoms with van der Waals surface area (Å²) in [7, 11) is 0. The summed E-state index contributed by atoms with van der Waals surface area (Å²) in [5.41, 5.74) is 4.54. The molecule has 2 aromatic rings. The van der Waals surface area contributed by atoms with Crippen molar-refractivity contribution in [3.63, 3.8) is 0 Å². The first kappa shape index (κ1) is 23.8. The molecule has 1 saturated heterocycles. The lowest BCUT2D eigenvalue weighted by molar-refractivity contribution is -0.142. The summed E-state index contributed by atoms with van der Waals surface area (Å²) in [5.74, 6) is -1.76. The molecule has 3 atom stereocenters. The van der Waals surface area contributed by atoms with Gasteiger partial charge in [0.2, 0.25) is 5.91 Å². The van der Waals surface area contributed by atoms with Gasteiger partial charge >= 0.3 is 12.1 Å². The third-order valence-electron chi connectivity index (χ3n) is 6.88. The van der Waals surface area contributed by atoms with Crippen molar-refractivity contribution in [2.45, 2.75) is 39.2 Å². The van der Waals surface area contributed by atoms with Crippen LogP contribution in [0.4, 0.5) is 4.79 Å². The number of ether oxygens (including phenoxy) is 1. The van der Waals surface area contributed by atoms with Crippen molar-refractivity contribution < 1.29 is 24.2 Å². The van der Waals surface area contributed by atoms with Crippen LogP contribution < -0.4 is 5.32 Å². The molecule has 2 N–H and O–H groups in total. The number of hydrogen-bond acceptors (Lipinski definition) is 4. The lowest BCUT2D eigenvalue weighted by Crippen LogP contribution is -2.49. The van der Waals surface area contributed by atoms with Crippen LogP contribution in [0.15, 0.2) is 48.5 Å². The van der Waals surface area contributed by atoms with Gasteiger partial charge in [-0.2, -0.15) is 0 Å². The maximum Gasteiger partial charge on any atom is 0.407 e. The summed E-state index contributed by atoms with van der Waals surface area (Å²) in [4.78, 5) is 39.0. The molecule has 0 bridgehead atoms. The number of aliphatic carboxylic acids is 1. The van der Waals surface area contributed by atoms with Crippen LogP contribution >= 0.6 is 0 Å². The normalized spacial score (nSPS) is 20.1. The van der Waals surface area contributed by atoms with Crippen LogP contribution in [0.5, 0.6) is 0 Å². The summed E-state index contributed by atoms with van der Waals surface area (Å²) in [6, 6.07) is 15.5. The minimum Gasteiger partial charge on any atom is -0.481 e. The van der Waals surface area contributed by atoms with Crippen molar-refractivity contribution >= 4 is 18.0 Å². The fraction of sp³-hybridized carbons (Fsp3) is 0.444. The molecule has 4 rings (SSSR count). The summed E-state index contributed by atoms with van der Waals surface area (Å²) in [5, 5.41) is 12.2. The Morgan fingerprint density at radius 3 is 2.15 bits per heavy atom. The number of carbonyl (C=O) groups excluding carboxylic acids is 2. The van der Waals surface area contributed by atoms with E-state index in [1.54, 1.807) is 4.90 Å². The zero-order chi connectivity index (χ0) is 24.4. The van der Waals surface area contributed by atoms with Crippen molar-refractivity contribution in [2.24, 2.45) is 17.8 Å². The van der Waals surface area contributed by atoms with E-state index in [1.165, 1.54) is 0 Å². The average molecular weight is 465 g/mol. The van der Waals surface area contributed by atoms with Gasteiger partial charge in [0.05, 0.1) is 5.92 Å².